The van der Waals surface area contributed by atoms with E-state index < -0.39 is 0 Å². The van der Waals surface area contributed by atoms with Crippen molar-refractivity contribution < 1.29 is 0 Å². The lowest BCUT2D eigenvalue weighted by Crippen LogP contribution is -2.39. The van der Waals surface area contributed by atoms with Gasteiger partial charge in [0, 0.05) is 17.5 Å². The molecule has 1 heterocycles. The molecule has 2 nitrogen and oxygen atoms in total. The normalized spacial score (nSPS) is 22.2. The SMILES string of the molecule is Cc1ccc(C2CC(NCc3scnc3C)C2)cc1. The first kappa shape index (κ1) is 12.8. The van der Waals surface area contributed by atoms with Crippen LogP contribution in [-0.2, 0) is 6.54 Å². The van der Waals surface area contributed by atoms with Crippen LogP contribution in [0.4, 0.5) is 0 Å². The number of nitrogens with zero attached hydrogens (tertiary/aromatic N) is 1. The molecule has 19 heavy (non-hydrogen) atoms. The van der Waals surface area contributed by atoms with Gasteiger partial charge in [-0.15, -0.1) is 11.3 Å². The summed E-state index contributed by atoms with van der Waals surface area (Å²) in [5.74, 6) is 0.751. The largest absolute Gasteiger partial charge is 0.309 e. The van der Waals surface area contributed by atoms with Gasteiger partial charge in [-0.05, 0) is 38.2 Å². The molecule has 0 radical (unpaired) electrons. The van der Waals surface area contributed by atoms with Crippen LogP contribution in [0, 0.1) is 13.8 Å². The predicted octanol–water partition coefficient (Wildman–Crippen LogP) is 3.80. The first-order chi connectivity index (χ1) is 9.22. The Bertz CT molecular complexity index is 538. The lowest BCUT2D eigenvalue weighted by atomic mass is 9.76. The number of rotatable bonds is 4. The van der Waals surface area contributed by atoms with Crippen molar-refractivity contribution in [3.05, 3.63) is 51.5 Å². The third kappa shape index (κ3) is 2.88. The lowest BCUT2D eigenvalue weighted by Gasteiger charge is -2.36. The standard InChI is InChI=1S/C16H20N2S/c1-11-3-5-13(6-4-11)14-7-15(8-14)17-9-16-12(2)18-10-19-16/h3-6,10,14-15,17H,7-9H2,1-2H3. The zero-order chi connectivity index (χ0) is 13.2. The molecule has 3 heteroatoms. The fourth-order valence-electron chi connectivity index (χ4n) is 2.63. The topological polar surface area (TPSA) is 24.9 Å². The molecule has 100 valence electrons. The van der Waals surface area contributed by atoms with Crippen molar-refractivity contribution >= 4 is 11.3 Å². The maximum atomic E-state index is 4.29. The Balaban J connectivity index is 1.48. The molecular formula is C16H20N2S. The summed E-state index contributed by atoms with van der Waals surface area (Å²) in [6.45, 7) is 5.21. The molecule has 1 aromatic carbocycles. The Labute approximate surface area is 118 Å². The fourth-order valence-corrected chi connectivity index (χ4v) is 3.36. The van der Waals surface area contributed by atoms with E-state index in [1.807, 2.05) is 5.51 Å². The third-order valence-electron chi connectivity index (χ3n) is 4.08. The van der Waals surface area contributed by atoms with E-state index >= 15 is 0 Å². The van der Waals surface area contributed by atoms with Gasteiger partial charge < -0.3 is 5.32 Å². The first-order valence-corrected chi connectivity index (χ1v) is 7.79. The first-order valence-electron chi connectivity index (χ1n) is 6.91. The molecule has 3 rings (SSSR count). The maximum absolute atomic E-state index is 4.29. The minimum atomic E-state index is 0.674. The summed E-state index contributed by atoms with van der Waals surface area (Å²) in [4.78, 5) is 5.66. The number of nitrogens with one attached hydrogen (secondary N) is 1. The maximum Gasteiger partial charge on any atom is 0.0798 e. The Hall–Kier alpha value is -1.19. The number of thiazole rings is 1. The van der Waals surface area contributed by atoms with Crippen LogP contribution in [0.5, 0.6) is 0 Å². The predicted molar refractivity (Wildman–Crippen MR) is 80.6 cm³/mol. The molecule has 1 aliphatic carbocycles. The summed E-state index contributed by atoms with van der Waals surface area (Å²) in [6, 6.07) is 9.67. The van der Waals surface area contributed by atoms with Gasteiger partial charge in [-0.25, -0.2) is 4.98 Å². The average Bonchev–Trinajstić information content (AvgIpc) is 2.75. The van der Waals surface area contributed by atoms with E-state index in [0.29, 0.717) is 6.04 Å². The highest BCUT2D eigenvalue weighted by atomic mass is 32.1. The summed E-state index contributed by atoms with van der Waals surface area (Å²) in [5, 5.41) is 3.64. The van der Waals surface area contributed by atoms with Gasteiger partial charge in [-0.3, -0.25) is 0 Å². The van der Waals surface area contributed by atoms with Gasteiger partial charge in [-0.2, -0.15) is 0 Å². The molecule has 0 amide bonds. The molecule has 2 aromatic rings. The van der Waals surface area contributed by atoms with Crippen molar-refractivity contribution in [3.8, 4) is 0 Å². The molecule has 1 aliphatic rings. The molecule has 0 bridgehead atoms. The highest BCUT2D eigenvalue weighted by Crippen LogP contribution is 2.37. The van der Waals surface area contributed by atoms with Crippen LogP contribution in [0.2, 0.25) is 0 Å². The van der Waals surface area contributed by atoms with Gasteiger partial charge in [0.2, 0.25) is 0 Å². The van der Waals surface area contributed by atoms with Gasteiger partial charge in [0.05, 0.1) is 11.2 Å². The van der Waals surface area contributed by atoms with Crippen molar-refractivity contribution in [2.45, 2.75) is 45.2 Å². The van der Waals surface area contributed by atoms with Crippen molar-refractivity contribution in [2.24, 2.45) is 0 Å². The lowest BCUT2D eigenvalue weighted by molar-refractivity contribution is 0.290. The van der Waals surface area contributed by atoms with Crippen LogP contribution in [0.15, 0.2) is 29.8 Å². The summed E-state index contributed by atoms with van der Waals surface area (Å²) in [6.07, 6.45) is 2.53. The molecule has 1 aromatic heterocycles. The Morgan fingerprint density at radius 1 is 1.21 bits per heavy atom. The Morgan fingerprint density at radius 2 is 1.95 bits per heavy atom. The van der Waals surface area contributed by atoms with E-state index in [1.165, 1.54) is 34.5 Å². The minimum absolute atomic E-state index is 0.674. The van der Waals surface area contributed by atoms with Crippen LogP contribution in [0.3, 0.4) is 0 Å². The van der Waals surface area contributed by atoms with Crippen LogP contribution in [0.1, 0.15) is 40.5 Å². The van der Waals surface area contributed by atoms with E-state index in [9.17, 15) is 0 Å². The van der Waals surface area contributed by atoms with E-state index in [1.54, 1.807) is 11.3 Å². The number of hydrogen-bond donors (Lipinski definition) is 1. The molecule has 1 N–H and O–H groups in total. The third-order valence-corrected chi connectivity index (χ3v) is 5.02. The summed E-state index contributed by atoms with van der Waals surface area (Å²) < 4.78 is 0. The van der Waals surface area contributed by atoms with Crippen LogP contribution in [0.25, 0.3) is 0 Å². The van der Waals surface area contributed by atoms with Crippen LogP contribution in [-0.4, -0.2) is 11.0 Å². The number of hydrogen-bond acceptors (Lipinski definition) is 3. The van der Waals surface area contributed by atoms with Crippen LogP contribution < -0.4 is 5.32 Å². The second kappa shape index (κ2) is 5.43. The summed E-state index contributed by atoms with van der Waals surface area (Å²) in [5.41, 5.74) is 5.95. The molecule has 0 aliphatic heterocycles. The molecule has 1 saturated carbocycles. The minimum Gasteiger partial charge on any atom is -0.309 e. The quantitative estimate of drug-likeness (QED) is 0.916. The number of aromatic nitrogens is 1. The molecule has 0 spiro atoms. The van der Waals surface area contributed by atoms with Gasteiger partial charge in [0.15, 0.2) is 0 Å². The van der Waals surface area contributed by atoms with E-state index in [0.717, 1.165) is 12.5 Å². The molecular weight excluding hydrogens is 252 g/mol. The zero-order valence-electron chi connectivity index (χ0n) is 11.5. The smallest absolute Gasteiger partial charge is 0.0798 e. The van der Waals surface area contributed by atoms with Gasteiger partial charge in [0.25, 0.3) is 0 Å². The van der Waals surface area contributed by atoms with Crippen molar-refractivity contribution in [2.75, 3.05) is 0 Å². The zero-order valence-corrected chi connectivity index (χ0v) is 12.3. The Morgan fingerprint density at radius 3 is 2.58 bits per heavy atom. The van der Waals surface area contributed by atoms with Crippen LogP contribution >= 0.6 is 11.3 Å². The highest BCUT2D eigenvalue weighted by molar-refractivity contribution is 7.09. The van der Waals surface area contributed by atoms with Gasteiger partial charge in [0.1, 0.15) is 0 Å². The van der Waals surface area contributed by atoms with E-state index in [4.69, 9.17) is 0 Å². The second-order valence-electron chi connectivity index (χ2n) is 5.52. The molecule has 0 saturated heterocycles. The van der Waals surface area contributed by atoms with Crippen molar-refractivity contribution in [1.82, 2.24) is 10.3 Å². The van der Waals surface area contributed by atoms with Gasteiger partial charge in [-0.1, -0.05) is 29.8 Å². The summed E-state index contributed by atoms with van der Waals surface area (Å²) >= 11 is 1.75. The van der Waals surface area contributed by atoms with Crippen molar-refractivity contribution in [1.29, 1.82) is 0 Å². The fraction of sp³-hybridized carbons (Fsp3) is 0.438. The second-order valence-corrected chi connectivity index (χ2v) is 6.46. The molecule has 0 unspecified atom stereocenters. The van der Waals surface area contributed by atoms with Crippen molar-refractivity contribution in [3.63, 3.8) is 0 Å². The van der Waals surface area contributed by atoms with E-state index in [2.05, 4.69) is 48.4 Å². The molecule has 1 fully saturated rings. The number of benzene rings is 1. The number of aryl methyl sites for hydroxylation is 2. The monoisotopic (exact) mass is 272 g/mol. The van der Waals surface area contributed by atoms with Gasteiger partial charge >= 0.3 is 0 Å². The highest BCUT2D eigenvalue weighted by Gasteiger charge is 2.29. The molecule has 0 atom stereocenters. The average molecular weight is 272 g/mol. The Kier molecular flexibility index (Phi) is 3.67. The van der Waals surface area contributed by atoms with E-state index in [-0.39, 0.29) is 0 Å². The summed E-state index contributed by atoms with van der Waals surface area (Å²) in [7, 11) is 0.